The molecule has 1 heterocycles. The Bertz CT molecular complexity index is 1020. The third-order valence-corrected chi connectivity index (χ3v) is 5.51. The molecule has 150 valence electrons. The molecule has 0 radical (unpaired) electrons. The molecule has 2 N–H and O–H groups in total. The highest BCUT2D eigenvalue weighted by Crippen LogP contribution is 2.32. The van der Waals surface area contributed by atoms with Crippen molar-refractivity contribution in [3.63, 3.8) is 0 Å². The van der Waals surface area contributed by atoms with Crippen LogP contribution in [0.15, 0.2) is 60.7 Å². The summed E-state index contributed by atoms with van der Waals surface area (Å²) in [6.45, 7) is 1.01. The summed E-state index contributed by atoms with van der Waals surface area (Å²) in [7, 11) is 0. The second-order valence-corrected chi connectivity index (χ2v) is 7.36. The predicted octanol–water partition coefficient (Wildman–Crippen LogP) is 4.74. The van der Waals surface area contributed by atoms with Crippen LogP contribution < -0.4 is 0 Å². The van der Waals surface area contributed by atoms with E-state index in [-0.39, 0.29) is 30.1 Å². The third-order valence-electron chi connectivity index (χ3n) is 5.51. The fourth-order valence-electron chi connectivity index (χ4n) is 3.96. The van der Waals surface area contributed by atoms with E-state index in [0.29, 0.717) is 19.6 Å². The molecule has 0 bridgehead atoms. The van der Waals surface area contributed by atoms with Gasteiger partial charge in [0.25, 0.3) is 0 Å². The maximum atomic E-state index is 13.3. The molecular weight excluding hydrogens is 373 g/mol. The first-order valence-electron chi connectivity index (χ1n) is 9.57. The summed E-state index contributed by atoms with van der Waals surface area (Å²) < 4.78 is 19.5. The van der Waals surface area contributed by atoms with Crippen LogP contribution in [-0.2, 0) is 11.3 Å². The van der Waals surface area contributed by atoms with Crippen molar-refractivity contribution in [2.45, 2.75) is 25.0 Å². The number of hydrogen-bond donors (Lipinski definition) is 2. The van der Waals surface area contributed by atoms with Crippen LogP contribution in [0.4, 0.5) is 9.18 Å². The molecule has 1 aliphatic heterocycles. The number of phenols is 1. The molecule has 0 aliphatic carbocycles. The first-order chi connectivity index (χ1) is 14.0. The zero-order valence-electron chi connectivity index (χ0n) is 15.8. The minimum atomic E-state index is -0.961. The number of carbonyl (C=O) groups is 1. The first-order valence-corrected chi connectivity index (χ1v) is 9.57. The topological polar surface area (TPSA) is 70.0 Å². The first kappa shape index (κ1) is 19.2. The number of likely N-dealkylation sites (tertiary alicyclic amines) is 1. The highest BCUT2D eigenvalue weighted by atomic mass is 19.1. The lowest BCUT2D eigenvalue weighted by molar-refractivity contribution is -0.0199. The number of fused-ring (bicyclic) bond motifs is 1. The smallest absolute Gasteiger partial charge is 0.407 e. The number of rotatable bonds is 4. The Labute approximate surface area is 168 Å². The quantitative estimate of drug-likeness (QED) is 0.670. The number of piperidine rings is 1. The maximum absolute atomic E-state index is 13.3. The van der Waals surface area contributed by atoms with Gasteiger partial charge in [0.1, 0.15) is 11.6 Å². The Hall–Kier alpha value is -3.12. The van der Waals surface area contributed by atoms with Gasteiger partial charge in [0, 0.05) is 17.8 Å². The molecule has 29 heavy (non-hydrogen) atoms. The zero-order chi connectivity index (χ0) is 20.4. The highest BCUT2D eigenvalue weighted by molar-refractivity contribution is 5.88. The second kappa shape index (κ2) is 8.09. The van der Waals surface area contributed by atoms with E-state index in [1.807, 2.05) is 24.3 Å². The number of ether oxygens (including phenoxy) is 1. The Kier molecular flexibility index (Phi) is 5.36. The number of halogens is 1. The Morgan fingerprint density at radius 2 is 1.93 bits per heavy atom. The molecular formula is C23H22FNO4. The van der Waals surface area contributed by atoms with E-state index in [0.717, 1.165) is 21.9 Å². The molecule has 3 aromatic carbocycles. The Balaban J connectivity index is 1.54. The van der Waals surface area contributed by atoms with Crippen LogP contribution in [0.3, 0.4) is 0 Å². The van der Waals surface area contributed by atoms with Crippen LogP contribution >= 0.6 is 0 Å². The van der Waals surface area contributed by atoms with Crippen LogP contribution in [-0.4, -0.2) is 40.4 Å². The van der Waals surface area contributed by atoms with Gasteiger partial charge in [-0.15, -0.1) is 0 Å². The molecule has 0 spiro atoms. The number of nitrogens with zero attached hydrogens (tertiary/aromatic N) is 1. The highest BCUT2D eigenvalue weighted by Gasteiger charge is 2.33. The van der Waals surface area contributed by atoms with Gasteiger partial charge in [-0.3, -0.25) is 0 Å². The van der Waals surface area contributed by atoms with Crippen LogP contribution in [0.2, 0.25) is 0 Å². The lowest BCUT2D eigenvalue weighted by Crippen LogP contribution is -2.46. The summed E-state index contributed by atoms with van der Waals surface area (Å²) in [5, 5.41) is 21.0. The van der Waals surface area contributed by atoms with E-state index in [2.05, 4.69) is 0 Å². The molecule has 6 heteroatoms. The normalized spacial score (nSPS) is 19.4. The monoisotopic (exact) mass is 395 g/mol. The van der Waals surface area contributed by atoms with Gasteiger partial charge >= 0.3 is 6.09 Å². The van der Waals surface area contributed by atoms with Gasteiger partial charge in [0.2, 0.25) is 0 Å². The number of hydrogen-bond acceptors (Lipinski definition) is 3. The number of aromatic hydroxyl groups is 1. The largest absolute Gasteiger partial charge is 0.507 e. The molecule has 5 nitrogen and oxygen atoms in total. The van der Waals surface area contributed by atoms with Crippen molar-refractivity contribution in [1.82, 2.24) is 4.90 Å². The van der Waals surface area contributed by atoms with Gasteiger partial charge < -0.3 is 19.8 Å². The Morgan fingerprint density at radius 1 is 1.14 bits per heavy atom. The van der Waals surface area contributed by atoms with Crippen LogP contribution in [0, 0.1) is 5.82 Å². The van der Waals surface area contributed by atoms with E-state index in [4.69, 9.17) is 4.74 Å². The summed E-state index contributed by atoms with van der Waals surface area (Å²) in [4.78, 5) is 12.8. The minimum Gasteiger partial charge on any atom is -0.507 e. The predicted molar refractivity (Wildman–Crippen MR) is 108 cm³/mol. The standard InChI is InChI=1S/C23H22FNO4/c24-18-7-5-16(6-8-18)20-10-11-25(23(27)28)13-22(20)29-14-15-4-9-19-17(12-15)2-1-3-21(19)26/h1-9,12,20,22,26H,10-11,13-14H2,(H,27,28). The lowest BCUT2D eigenvalue weighted by atomic mass is 9.87. The Morgan fingerprint density at radius 3 is 2.69 bits per heavy atom. The van der Waals surface area contributed by atoms with E-state index in [1.54, 1.807) is 24.3 Å². The van der Waals surface area contributed by atoms with Crippen LogP contribution in [0.5, 0.6) is 5.75 Å². The van der Waals surface area contributed by atoms with Gasteiger partial charge in [0.15, 0.2) is 0 Å². The molecule has 0 saturated carbocycles. The van der Waals surface area contributed by atoms with E-state index < -0.39 is 6.09 Å². The van der Waals surface area contributed by atoms with Gasteiger partial charge in [-0.2, -0.15) is 0 Å². The van der Waals surface area contributed by atoms with Gasteiger partial charge in [0.05, 0.1) is 19.3 Å². The molecule has 2 unspecified atom stereocenters. The van der Waals surface area contributed by atoms with Crippen molar-refractivity contribution in [3.05, 3.63) is 77.6 Å². The average molecular weight is 395 g/mol. The van der Waals surface area contributed by atoms with Crippen molar-refractivity contribution in [2.24, 2.45) is 0 Å². The van der Waals surface area contributed by atoms with Crippen molar-refractivity contribution in [3.8, 4) is 5.75 Å². The number of amides is 1. The molecule has 0 aromatic heterocycles. The van der Waals surface area contributed by atoms with E-state index >= 15 is 0 Å². The summed E-state index contributed by atoms with van der Waals surface area (Å²) in [6, 6.07) is 17.4. The SMILES string of the molecule is O=C(O)N1CCC(c2ccc(F)cc2)C(OCc2ccc3c(O)cccc3c2)C1. The van der Waals surface area contributed by atoms with Crippen LogP contribution in [0.25, 0.3) is 10.8 Å². The number of phenolic OH excluding ortho intramolecular Hbond substituents is 1. The zero-order valence-corrected chi connectivity index (χ0v) is 15.8. The lowest BCUT2D eigenvalue weighted by Gasteiger charge is -2.37. The summed E-state index contributed by atoms with van der Waals surface area (Å²) in [5.41, 5.74) is 1.89. The third kappa shape index (κ3) is 4.17. The van der Waals surface area contributed by atoms with Gasteiger partial charge in [-0.1, -0.05) is 36.4 Å². The molecule has 4 rings (SSSR count). The molecule has 1 amide bonds. The number of benzene rings is 3. The molecule has 1 saturated heterocycles. The van der Waals surface area contributed by atoms with E-state index in [1.165, 1.54) is 17.0 Å². The van der Waals surface area contributed by atoms with E-state index in [9.17, 15) is 19.4 Å². The second-order valence-electron chi connectivity index (χ2n) is 7.36. The molecule has 1 fully saturated rings. The molecule has 3 aromatic rings. The molecule has 2 atom stereocenters. The summed E-state index contributed by atoms with van der Waals surface area (Å²) in [5.74, 6) is -0.0694. The number of carboxylic acid groups (broad SMARTS) is 1. The summed E-state index contributed by atoms with van der Waals surface area (Å²) >= 11 is 0. The minimum absolute atomic E-state index is 0.00398. The van der Waals surface area contributed by atoms with Gasteiger partial charge in [-0.25, -0.2) is 9.18 Å². The van der Waals surface area contributed by atoms with Crippen molar-refractivity contribution < 1.29 is 24.1 Å². The van der Waals surface area contributed by atoms with Crippen molar-refractivity contribution >= 4 is 16.9 Å². The fraction of sp³-hybridized carbons (Fsp3) is 0.261. The summed E-state index contributed by atoms with van der Waals surface area (Å²) in [6.07, 6.45) is -0.670. The van der Waals surface area contributed by atoms with Crippen molar-refractivity contribution in [2.75, 3.05) is 13.1 Å². The van der Waals surface area contributed by atoms with Gasteiger partial charge in [-0.05, 0) is 47.2 Å². The maximum Gasteiger partial charge on any atom is 0.407 e. The fourth-order valence-corrected chi connectivity index (χ4v) is 3.96. The van der Waals surface area contributed by atoms with Crippen molar-refractivity contribution in [1.29, 1.82) is 0 Å². The average Bonchev–Trinajstić information content (AvgIpc) is 2.73. The van der Waals surface area contributed by atoms with Crippen LogP contribution in [0.1, 0.15) is 23.5 Å². The molecule has 1 aliphatic rings.